The Bertz CT molecular complexity index is 2350. The van der Waals surface area contributed by atoms with Crippen molar-refractivity contribution in [2.75, 3.05) is 18.4 Å². The van der Waals surface area contributed by atoms with Crippen LogP contribution in [0.15, 0.2) is 96.3 Å². The molecule has 264 valence electrons. The first-order chi connectivity index (χ1) is 24.2. The Morgan fingerprint density at radius 2 is 1.67 bits per heavy atom. The number of alkyl halides is 3. The normalized spacial score (nSPS) is 17.2. The van der Waals surface area contributed by atoms with Gasteiger partial charge in [-0.05, 0) is 57.5 Å². The molecule has 0 spiro atoms. The number of halogens is 3. The molecule has 0 bridgehead atoms. The van der Waals surface area contributed by atoms with Crippen LogP contribution in [0.5, 0.6) is 0 Å². The van der Waals surface area contributed by atoms with Crippen molar-refractivity contribution in [1.82, 2.24) is 33.4 Å². The van der Waals surface area contributed by atoms with Crippen LogP contribution < -0.4 is 5.32 Å². The van der Waals surface area contributed by atoms with Crippen molar-refractivity contribution in [1.29, 1.82) is 0 Å². The van der Waals surface area contributed by atoms with E-state index in [1.807, 2.05) is 22.7 Å². The quantitative estimate of drug-likeness (QED) is 0.202. The van der Waals surface area contributed by atoms with Gasteiger partial charge in [-0.3, -0.25) is 4.40 Å². The predicted molar refractivity (Wildman–Crippen MR) is 183 cm³/mol. The second kappa shape index (κ2) is 12.7. The third-order valence-electron chi connectivity index (χ3n) is 8.47. The van der Waals surface area contributed by atoms with Crippen LogP contribution in [0, 0.1) is 0 Å². The number of benzene rings is 2. The Morgan fingerprint density at radius 1 is 0.941 bits per heavy atom. The second-order valence-electron chi connectivity index (χ2n) is 13.3. The fourth-order valence-electron chi connectivity index (χ4n) is 6.29. The van der Waals surface area contributed by atoms with E-state index in [1.165, 1.54) is 23.1 Å². The minimum absolute atomic E-state index is 0.0276. The number of aromatic nitrogens is 6. The molecule has 1 N–H and O–H groups in total. The van der Waals surface area contributed by atoms with Gasteiger partial charge >= 0.3 is 12.3 Å². The van der Waals surface area contributed by atoms with Crippen molar-refractivity contribution < 1.29 is 31.1 Å². The molecule has 16 heteroatoms. The molecular weight excluding hydrogens is 685 g/mol. The summed E-state index contributed by atoms with van der Waals surface area (Å²) >= 11 is 0. The first kappa shape index (κ1) is 34.0. The van der Waals surface area contributed by atoms with Gasteiger partial charge in [0.15, 0.2) is 5.65 Å². The van der Waals surface area contributed by atoms with E-state index in [1.54, 1.807) is 63.2 Å². The lowest BCUT2D eigenvalue weighted by Crippen LogP contribution is -2.50. The number of hydrogen-bond donors (Lipinski definition) is 1. The van der Waals surface area contributed by atoms with E-state index >= 15 is 0 Å². The highest BCUT2D eigenvalue weighted by atomic mass is 32.2. The van der Waals surface area contributed by atoms with Gasteiger partial charge in [0, 0.05) is 54.6 Å². The largest absolute Gasteiger partial charge is 0.444 e. The average Bonchev–Trinajstić information content (AvgIpc) is 3.70. The van der Waals surface area contributed by atoms with Gasteiger partial charge in [-0.1, -0.05) is 42.5 Å². The standard InChI is InChI=1S/C35H33F3N8O4S/c1-34(2,3)50-33(47)44-19-22(31-43-42-29-15-9-10-16-45(29)31)17-23(20-44)40-32-39-18-27(35(36,37)38)30(41-32)26-21-46(28-14-8-7-13-25(26)28)51(48,49)24-11-5-4-6-12-24/h4-16,18,21-23H,17,19-20H2,1-3H3,(H,39,40,41)/t22-,23+/m1/s1. The maximum Gasteiger partial charge on any atom is 0.419 e. The zero-order valence-corrected chi connectivity index (χ0v) is 28.6. The summed E-state index contributed by atoms with van der Waals surface area (Å²) in [5.41, 5.74) is -1.66. The monoisotopic (exact) mass is 718 g/mol. The number of piperidine rings is 1. The maximum atomic E-state index is 14.5. The van der Waals surface area contributed by atoms with Gasteiger partial charge in [-0.15, -0.1) is 10.2 Å². The molecule has 1 fully saturated rings. The lowest BCUT2D eigenvalue weighted by molar-refractivity contribution is -0.137. The van der Waals surface area contributed by atoms with Crippen LogP contribution in [0.25, 0.3) is 27.8 Å². The highest BCUT2D eigenvalue weighted by molar-refractivity contribution is 7.90. The smallest absolute Gasteiger partial charge is 0.419 e. The van der Waals surface area contributed by atoms with Crippen LogP contribution in [-0.2, 0) is 20.9 Å². The van der Waals surface area contributed by atoms with Crippen LogP contribution in [0.2, 0.25) is 0 Å². The maximum absolute atomic E-state index is 14.5. The molecule has 2 aromatic carbocycles. The van der Waals surface area contributed by atoms with Gasteiger partial charge in [-0.25, -0.2) is 27.2 Å². The fraction of sp³-hybridized carbons (Fsp3) is 0.286. The van der Waals surface area contributed by atoms with Crippen molar-refractivity contribution in [3.63, 3.8) is 0 Å². The molecule has 4 aromatic heterocycles. The number of pyridine rings is 1. The number of amides is 1. The molecule has 0 saturated carbocycles. The Hall–Kier alpha value is -5.51. The molecule has 12 nitrogen and oxygen atoms in total. The Kier molecular flexibility index (Phi) is 8.44. The van der Waals surface area contributed by atoms with Gasteiger partial charge in [0.25, 0.3) is 10.0 Å². The summed E-state index contributed by atoms with van der Waals surface area (Å²) in [6.45, 7) is 5.67. The number of para-hydroxylation sites is 1. The molecule has 0 aliphatic carbocycles. The second-order valence-corrected chi connectivity index (χ2v) is 15.1. The number of carbonyl (C=O) groups is 1. The van der Waals surface area contributed by atoms with Crippen LogP contribution in [-0.4, -0.2) is 72.7 Å². The molecule has 1 aliphatic rings. The van der Waals surface area contributed by atoms with Crippen LogP contribution in [0.1, 0.15) is 44.5 Å². The van der Waals surface area contributed by atoms with Crippen molar-refractivity contribution in [3.05, 3.63) is 103 Å². The van der Waals surface area contributed by atoms with Gasteiger partial charge < -0.3 is 15.0 Å². The lowest BCUT2D eigenvalue weighted by Gasteiger charge is -2.38. The van der Waals surface area contributed by atoms with E-state index in [4.69, 9.17) is 4.74 Å². The minimum Gasteiger partial charge on any atom is -0.444 e. The SMILES string of the molecule is CC(C)(C)OC(=O)N1C[C@@H](Nc2ncc(C(F)(F)F)c(-c3cn(S(=O)(=O)c4ccccc4)c4ccccc34)n2)C[C@@H](c2nnc3ccccn23)C1. The van der Waals surface area contributed by atoms with Crippen molar-refractivity contribution in [2.24, 2.45) is 0 Å². The highest BCUT2D eigenvalue weighted by Gasteiger charge is 2.39. The van der Waals surface area contributed by atoms with Crippen LogP contribution in [0.3, 0.4) is 0 Å². The number of carbonyl (C=O) groups excluding carboxylic acids is 1. The van der Waals surface area contributed by atoms with Gasteiger partial charge in [0.1, 0.15) is 17.0 Å². The summed E-state index contributed by atoms with van der Waals surface area (Å²) in [5, 5.41) is 12.0. The van der Waals surface area contributed by atoms with Crippen molar-refractivity contribution in [3.8, 4) is 11.3 Å². The van der Waals surface area contributed by atoms with Crippen LogP contribution in [0.4, 0.5) is 23.9 Å². The first-order valence-corrected chi connectivity index (χ1v) is 17.5. The fourth-order valence-corrected chi connectivity index (χ4v) is 7.69. The molecule has 0 radical (unpaired) electrons. The summed E-state index contributed by atoms with van der Waals surface area (Å²) < 4.78 is 79.5. The molecule has 7 rings (SSSR count). The topological polar surface area (TPSA) is 137 Å². The molecule has 5 heterocycles. The zero-order chi connectivity index (χ0) is 36.1. The van der Waals surface area contributed by atoms with E-state index in [2.05, 4.69) is 25.5 Å². The molecule has 1 aliphatic heterocycles. The number of anilines is 1. The Labute approximate surface area is 291 Å². The predicted octanol–water partition coefficient (Wildman–Crippen LogP) is 6.60. The van der Waals surface area contributed by atoms with E-state index in [9.17, 15) is 26.4 Å². The summed E-state index contributed by atoms with van der Waals surface area (Å²) in [5.74, 6) is 0.130. The number of nitrogens with zero attached hydrogens (tertiary/aromatic N) is 7. The van der Waals surface area contributed by atoms with E-state index in [0.29, 0.717) is 24.1 Å². The van der Waals surface area contributed by atoms with Crippen molar-refractivity contribution in [2.45, 2.75) is 55.8 Å². The highest BCUT2D eigenvalue weighted by Crippen LogP contribution is 2.40. The summed E-state index contributed by atoms with van der Waals surface area (Å²) in [6.07, 6.45) is -1.36. The van der Waals surface area contributed by atoms with Gasteiger partial charge in [0.2, 0.25) is 5.95 Å². The minimum atomic E-state index is -4.87. The molecular formula is C35H33F3N8O4S. The summed E-state index contributed by atoms with van der Waals surface area (Å²) in [7, 11) is -4.19. The molecule has 1 saturated heterocycles. The number of rotatable bonds is 6. The molecule has 51 heavy (non-hydrogen) atoms. The van der Waals surface area contributed by atoms with Gasteiger partial charge in [-0.2, -0.15) is 13.2 Å². The van der Waals surface area contributed by atoms with E-state index < -0.39 is 45.2 Å². The number of ether oxygens (including phenoxy) is 1. The molecule has 1 amide bonds. The molecule has 6 aromatic rings. The molecule has 2 atom stereocenters. The zero-order valence-electron chi connectivity index (χ0n) is 27.7. The first-order valence-electron chi connectivity index (χ1n) is 16.1. The summed E-state index contributed by atoms with van der Waals surface area (Å²) in [4.78, 5) is 23.2. The van der Waals surface area contributed by atoms with Crippen LogP contribution >= 0.6 is 0 Å². The lowest BCUT2D eigenvalue weighted by atomic mass is 9.93. The number of hydrogen-bond acceptors (Lipinski definition) is 9. The molecule has 0 unspecified atom stereocenters. The van der Waals surface area contributed by atoms with Gasteiger partial charge in [0.05, 0.1) is 16.1 Å². The number of fused-ring (bicyclic) bond motifs is 2. The third-order valence-corrected chi connectivity index (χ3v) is 10.2. The Balaban J connectivity index is 1.29. The van der Waals surface area contributed by atoms with E-state index in [0.717, 1.165) is 10.2 Å². The van der Waals surface area contributed by atoms with Crippen molar-refractivity contribution >= 4 is 38.6 Å². The number of nitrogens with one attached hydrogen (secondary N) is 1. The summed E-state index contributed by atoms with van der Waals surface area (Å²) in [6, 6.07) is 18.8. The third kappa shape index (κ3) is 6.70. The average molecular weight is 719 g/mol. The Morgan fingerprint density at radius 3 is 2.41 bits per heavy atom. The number of likely N-dealkylation sites (tertiary alicyclic amines) is 1. The van der Waals surface area contributed by atoms with E-state index in [-0.39, 0.29) is 46.3 Å².